The molecule has 0 unspecified atom stereocenters. The Bertz CT molecular complexity index is 785. The Balaban J connectivity index is 1.57. The first-order valence-electron chi connectivity index (χ1n) is 8.91. The van der Waals surface area contributed by atoms with Crippen molar-refractivity contribution in [1.82, 2.24) is 0 Å². The van der Waals surface area contributed by atoms with Gasteiger partial charge in [-0.2, -0.15) is 0 Å². The number of hydrogen-bond acceptors (Lipinski definition) is 3. The van der Waals surface area contributed by atoms with Gasteiger partial charge in [0.15, 0.2) is 5.78 Å². The van der Waals surface area contributed by atoms with Crippen LogP contribution in [-0.4, -0.2) is 11.8 Å². The number of rotatable bonds is 5. The summed E-state index contributed by atoms with van der Waals surface area (Å²) < 4.78 is 18.3. The lowest BCUT2D eigenvalue weighted by Crippen LogP contribution is -2.22. The normalized spacial score (nSPS) is 15.1. The zero-order chi connectivity index (χ0) is 18.4. The molecular formula is C22H21FO3. The van der Waals surface area contributed by atoms with E-state index in [0.29, 0.717) is 11.3 Å². The number of benzene rings is 2. The van der Waals surface area contributed by atoms with E-state index in [-0.39, 0.29) is 23.5 Å². The second kappa shape index (κ2) is 8.56. The summed E-state index contributed by atoms with van der Waals surface area (Å²) in [5.74, 6) is -0.194. The lowest BCUT2D eigenvalue weighted by Gasteiger charge is -2.19. The second-order valence-electron chi connectivity index (χ2n) is 6.53. The van der Waals surface area contributed by atoms with E-state index in [9.17, 15) is 14.0 Å². The Kier molecular flexibility index (Phi) is 5.95. The monoisotopic (exact) mass is 352 g/mol. The molecule has 0 amide bonds. The maximum absolute atomic E-state index is 12.9. The molecule has 0 aromatic heterocycles. The predicted octanol–water partition coefficient (Wildman–Crippen LogP) is 5.21. The van der Waals surface area contributed by atoms with Crippen LogP contribution >= 0.6 is 0 Å². The van der Waals surface area contributed by atoms with Gasteiger partial charge in [-0.05, 0) is 60.9 Å². The molecule has 0 saturated heterocycles. The second-order valence-corrected chi connectivity index (χ2v) is 6.53. The van der Waals surface area contributed by atoms with Gasteiger partial charge in [-0.15, -0.1) is 0 Å². The largest absolute Gasteiger partial charge is 0.426 e. The molecule has 134 valence electrons. The Morgan fingerprint density at radius 3 is 2.23 bits per heavy atom. The van der Waals surface area contributed by atoms with Crippen LogP contribution in [0, 0.1) is 11.7 Å². The van der Waals surface area contributed by atoms with Gasteiger partial charge in [0.25, 0.3) is 0 Å². The molecule has 0 heterocycles. The third-order valence-electron chi connectivity index (χ3n) is 4.59. The summed E-state index contributed by atoms with van der Waals surface area (Å²) in [6.07, 6.45) is 8.31. The van der Waals surface area contributed by atoms with Crippen LogP contribution in [-0.2, 0) is 4.79 Å². The summed E-state index contributed by atoms with van der Waals surface area (Å²) in [6.45, 7) is 0. The quantitative estimate of drug-likeness (QED) is 0.321. The van der Waals surface area contributed by atoms with Crippen LogP contribution in [0.2, 0.25) is 0 Å². The lowest BCUT2D eigenvalue weighted by atomic mass is 9.89. The fourth-order valence-electron chi connectivity index (χ4n) is 3.07. The molecule has 1 aliphatic carbocycles. The first-order valence-corrected chi connectivity index (χ1v) is 8.91. The van der Waals surface area contributed by atoms with Gasteiger partial charge in [-0.1, -0.05) is 37.5 Å². The maximum Gasteiger partial charge on any atom is 0.314 e. The molecule has 26 heavy (non-hydrogen) atoms. The summed E-state index contributed by atoms with van der Waals surface area (Å²) in [4.78, 5) is 24.2. The minimum atomic E-state index is -0.371. The highest BCUT2D eigenvalue weighted by Gasteiger charge is 2.22. The summed E-state index contributed by atoms with van der Waals surface area (Å²) in [5.41, 5.74) is 1.25. The van der Waals surface area contributed by atoms with Gasteiger partial charge in [-0.25, -0.2) is 4.39 Å². The number of ether oxygens (including phenoxy) is 1. The van der Waals surface area contributed by atoms with Crippen LogP contribution in [0.5, 0.6) is 5.75 Å². The first kappa shape index (κ1) is 18.1. The van der Waals surface area contributed by atoms with Crippen molar-refractivity contribution in [3.63, 3.8) is 0 Å². The molecule has 4 heteroatoms. The fraction of sp³-hybridized carbons (Fsp3) is 0.273. The van der Waals surface area contributed by atoms with Crippen LogP contribution < -0.4 is 4.74 Å². The average molecular weight is 352 g/mol. The molecular weight excluding hydrogens is 331 g/mol. The summed E-state index contributed by atoms with van der Waals surface area (Å²) >= 11 is 0. The lowest BCUT2D eigenvalue weighted by molar-refractivity contribution is -0.139. The molecule has 0 N–H and O–H groups in total. The van der Waals surface area contributed by atoms with Gasteiger partial charge in [0, 0.05) is 5.56 Å². The van der Waals surface area contributed by atoms with Gasteiger partial charge >= 0.3 is 5.97 Å². The standard InChI is InChI=1S/C22H21FO3/c23-19-11-9-17(10-12-19)21(24)15-8-16-6-13-20(14-7-16)26-22(25)18-4-2-1-3-5-18/h6-15,18H,1-5H2/b15-8+. The topological polar surface area (TPSA) is 43.4 Å². The number of carbonyl (C=O) groups excluding carboxylic acids is 2. The number of carbonyl (C=O) groups is 2. The molecule has 0 radical (unpaired) electrons. The van der Waals surface area contributed by atoms with Gasteiger partial charge < -0.3 is 4.74 Å². The molecule has 3 nitrogen and oxygen atoms in total. The number of halogens is 1. The predicted molar refractivity (Wildman–Crippen MR) is 98.4 cm³/mol. The van der Waals surface area contributed by atoms with Crippen molar-refractivity contribution in [1.29, 1.82) is 0 Å². The van der Waals surface area contributed by atoms with Crippen LogP contribution in [0.15, 0.2) is 54.6 Å². The highest BCUT2D eigenvalue weighted by atomic mass is 19.1. The number of hydrogen-bond donors (Lipinski definition) is 0. The molecule has 2 aromatic rings. The molecule has 1 aliphatic rings. The summed E-state index contributed by atoms with van der Waals surface area (Å²) in [6, 6.07) is 12.5. The molecule has 0 atom stereocenters. The first-order chi connectivity index (χ1) is 12.6. The number of ketones is 1. The number of allylic oxidation sites excluding steroid dienone is 1. The van der Waals surface area contributed by atoms with Crippen LogP contribution in [0.3, 0.4) is 0 Å². The Morgan fingerprint density at radius 1 is 0.923 bits per heavy atom. The minimum absolute atomic E-state index is 0.0108. The van der Waals surface area contributed by atoms with Crippen LogP contribution in [0.1, 0.15) is 48.0 Å². The van der Waals surface area contributed by atoms with Crippen molar-refractivity contribution in [2.45, 2.75) is 32.1 Å². The minimum Gasteiger partial charge on any atom is -0.426 e. The molecule has 0 bridgehead atoms. The van der Waals surface area contributed by atoms with Crippen LogP contribution in [0.25, 0.3) is 6.08 Å². The highest BCUT2D eigenvalue weighted by Crippen LogP contribution is 2.25. The van der Waals surface area contributed by atoms with E-state index in [1.165, 1.54) is 36.8 Å². The van der Waals surface area contributed by atoms with E-state index in [2.05, 4.69) is 0 Å². The number of esters is 1. The molecule has 1 fully saturated rings. The van der Waals surface area contributed by atoms with E-state index < -0.39 is 0 Å². The van der Waals surface area contributed by atoms with Crippen molar-refractivity contribution in [3.05, 3.63) is 71.6 Å². The van der Waals surface area contributed by atoms with Gasteiger partial charge in [-0.3, -0.25) is 9.59 Å². The summed E-state index contributed by atoms with van der Waals surface area (Å²) in [5, 5.41) is 0. The van der Waals surface area contributed by atoms with Gasteiger partial charge in [0.2, 0.25) is 0 Å². The molecule has 2 aromatic carbocycles. The zero-order valence-corrected chi connectivity index (χ0v) is 14.5. The average Bonchev–Trinajstić information content (AvgIpc) is 2.68. The van der Waals surface area contributed by atoms with Crippen molar-refractivity contribution >= 4 is 17.8 Å². The van der Waals surface area contributed by atoms with E-state index in [1.54, 1.807) is 30.3 Å². The smallest absolute Gasteiger partial charge is 0.314 e. The summed E-state index contributed by atoms with van der Waals surface area (Å²) in [7, 11) is 0. The van der Waals surface area contributed by atoms with Crippen molar-refractivity contribution in [3.8, 4) is 5.75 Å². The molecule has 1 saturated carbocycles. The Hall–Kier alpha value is -2.75. The third kappa shape index (κ3) is 4.88. The van der Waals surface area contributed by atoms with Crippen molar-refractivity contribution < 1.29 is 18.7 Å². The van der Waals surface area contributed by atoms with E-state index in [4.69, 9.17) is 4.74 Å². The van der Waals surface area contributed by atoms with Crippen molar-refractivity contribution in [2.75, 3.05) is 0 Å². The fourth-order valence-corrected chi connectivity index (χ4v) is 3.07. The highest BCUT2D eigenvalue weighted by molar-refractivity contribution is 6.06. The van der Waals surface area contributed by atoms with Gasteiger partial charge in [0.1, 0.15) is 11.6 Å². The van der Waals surface area contributed by atoms with Crippen molar-refractivity contribution in [2.24, 2.45) is 5.92 Å². The van der Waals surface area contributed by atoms with E-state index >= 15 is 0 Å². The van der Waals surface area contributed by atoms with E-state index in [0.717, 1.165) is 31.2 Å². The Labute approximate surface area is 152 Å². The maximum atomic E-state index is 12.9. The third-order valence-corrected chi connectivity index (χ3v) is 4.59. The SMILES string of the molecule is O=C(/C=C/c1ccc(OC(=O)C2CCCCC2)cc1)c1ccc(F)cc1. The Morgan fingerprint density at radius 2 is 1.58 bits per heavy atom. The molecule has 3 rings (SSSR count). The van der Waals surface area contributed by atoms with Gasteiger partial charge in [0.05, 0.1) is 5.92 Å². The zero-order valence-electron chi connectivity index (χ0n) is 14.5. The molecule has 0 spiro atoms. The van der Waals surface area contributed by atoms with Crippen LogP contribution in [0.4, 0.5) is 4.39 Å². The van der Waals surface area contributed by atoms with E-state index in [1.807, 2.05) is 0 Å². The molecule has 0 aliphatic heterocycles.